The van der Waals surface area contributed by atoms with Crippen LogP contribution in [-0.4, -0.2) is 31.3 Å². The molecule has 0 bridgehead atoms. The zero-order valence-corrected chi connectivity index (χ0v) is 17.6. The number of pyridine rings is 1. The molecule has 0 saturated heterocycles. The van der Waals surface area contributed by atoms with Gasteiger partial charge in [0.05, 0.1) is 35.1 Å². The summed E-state index contributed by atoms with van der Waals surface area (Å²) in [6.45, 7) is 13.6. The lowest BCUT2D eigenvalue weighted by atomic mass is 10.0. The molecule has 0 amide bonds. The lowest BCUT2D eigenvalue weighted by molar-refractivity contribution is 0.261. The molecule has 0 atom stereocenters. The lowest BCUT2D eigenvalue weighted by Crippen LogP contribution is -2.48. The van der Waals surface area contributed by atoms with Crippen LogP contribution in [0.5, 0.6) is 0 Å². The van der Waals surface area contributed by atoms with E-state index in [0.717, 1.165) is 22.4 Å². The number of nitrogens with zero attached hydrogens (tertiary/aromatic N) is 1. The quantitative estimate of drug-likeness (QED) is 0.807. The number of rotatable bonds is 5. The molecule has 0 saturated carbocycles. The normalized spacial score (nSPS) is 12.5. The average Bonchev–Trinajstić information content (AvgIpc) is 2.51. The monoisotopic (exact) mass is 359 g/mol. The van der Waals surface area contributed by atoms with Crippen molar-refractivity contribution in [1.82, 2.24) is 4.98 Å². The molecule has 3 nitrogen and oxygen atoms in total. The summed E-state index contributed by atoms with van der Waals surface area (Å²) in [4.78, 5) is 4.57. The van der Waals surface area contributed by atoms with Gasteiger partial charge in [0.2, 0.25) is 0 Å². The van der Waals surface area contributed by atoms with E-state index in [2.05, 4.69) is 50.3 Å². The van der Waals surface area contributed by atoms with Crippen molar-refractivity contribution >= 4 is 26.5 Å². The Balaban J connectivity index is 2.96. The van der Waals surface area contributed by atoms with Crippen LogP contribution in [0.1, 0.15) is 11.1 Å². The molecule has 130 valence electrons. The summed E-state index contributed by atoms with van der Waals surface area (Å²) in [5.74, 6) is 0. The maximum Gasteiger partial charge on any atom is 0.0789 e. The maximum atomic E-state index is 10.2. The van der Waals surface area contributed by atoms with E-state index in [-0.39, 0.29) is 13.2 Å². The zero-order valence-electron chi connectivity index (χ0n) is 15.6. The summed E-state index contributed by atoms with van der Waals surface area (Å²) < 4.78 is 0. The van der Waals surface area contributed by atoms with Gasteiger partial charge in [0.1, 0.15) is 0 Å². The van der Waals surface area contributed by atoms with E-state index in [1.54, 1.807) is 0 Å². The molecule has 5 heteroatoms. The Morgan fingerprint density at radius 1 is 0.875 bits per heavy atom. The van der Waals surface area contributed by atoms with Gasteiger partial charge in [0.25, 0.3) is 0 Å². The molecule has 0 unspecified atom stereocenters. The SMILES string of the molecule is C[Si](C)(C)c1cc(-c2ccccn2)c([Si](C)(C)C)c(CO)c1CO. The van der Waals surface area contributed by atoms with Gasteiger partial charge in [-0.3, -0.25) is 4.98 Å². The van der Waals surface area contributed by atoms with Gasteiger partial charge >= 0.3 is 0 Å². The highest BCUT2D eigenvalue weighted by Gasteiger charge is 2.31. The highest BCUT2D eigenvalue weighted by atomic mass is 28.3. The summed E-state index contributed by atoms with van der Waals surface area (Å²) in [6, 6.07) is 8.20. The molecule has 0 aliphatic heterocycles. The van der Waals surface area contributed by atoms with E-state index in [0.29, 0.717) is 0 Å². The molecule has 2 rings (SSSR count). The minimum atomic E-state index is -1.75. The van der Waals surface area contributed by atoms with Gasteiger partial charge in [0, 0.05) is 6.20 Å². The summed E-state index contributed by atoms with van der Waals surface area (Å²) in [5, 5.41) is 22.7. The van der Waals surface area contributed by atoms with Crippen LogP contribution >= 0.6 is 0 Å². The number of hydrogen-bond acceptors (Lipinski definition) is 3. The Hall–Kier alpha value is -1.28. The molecule has 1 heterocycles. The zero-order chi connectivity index (χ0) is 18.1. The minimum absolute atomic E-state index is 0.0184. The van der Waals surface area contributed by atoms with Gasteiger partial charge in [-0.1, -0.05) is 56.6 Å². The van der Waals surface area contributed by atoms with Crippen LogP contribution in [0.15, 0.2) is 30.5 Å². The van der Waals surface area contributed by atoms with Crippen molar-refractivity contribution in [2.45, 2.75) is 52.5 Å². The Morgan fingerprint density at radius 3 is 1.92 bits per heavy atom. The third-order valence-electron chi connectivity index (χ3n) is 4.36. The van der Waals surface area contributed by atoms with Crippen LogP contribution in [0.3, 0.4) is 0 Å². The largest absolute Gasteiger partial charge is 0.392 e. The third-order valence-corrected chi connectivity index (χ3v) is 8.50. The fourth-order valence-electron chi connectivity index (χ4n) is 3.38. The van der Waals surface area contributed by atoms with E-state index < -0.39 is 16.1 Å². The first-order valence-electron chi connectivity index (χ1n) is 8.44. The van der Waals surface area contributed by atoms with Crippen molar-refractivity contribution in [3.63, 3.8) is 0 Å². The molecular formula is C19H29NO2Si2. The average molecular weight is 360 g/mol. The molecule has 0 aliphatic carbocycles. The maximum absolute atomic E-state index is 10.2. The first-order valence-corrected chi connectivity index (χ1v) is 15.4. The van der Waals surface area contributed by atoms with Gasteiger partial charge < -0.3 is 10.2 Å². The molecule has 0 fully saturated rings. The topological polar surface area (TPSA) is 53.4 Å². The van der Waals surface area contributed by atoms with Crippen LogP contribution in [0.4, 0.5) is 0 Å². The predicted molar refractivity (Wildman–Crippen MR) is 107 cm³/mol. The number of aliphatic hydroxyl groups is 2. The Labute approximate surface area is 147 Å². The highest BCUT2D eigenvalue weighted by molar-refractivity contribution is 6.91. The van der Waals surface area contributed by atoms with Crippen LogP contribution < -0.4 is 10.4 Å². The van der Waals surface area contributed by atoms with Gasteiger partial charge in [-0.2, -0.15) is 0 Å². The molecule has 24 heavy (non-hydrogen) atoms. The van der Waals surface area contributed by atoms with Crippen molar-refractivity contribution < 1.29 is 10.2 Å². The first kappa shape index (κ1) is 19.1. The summed E-state index contributed by atoms with van der Waals surface area (Å²) in [5.41, 5.74) is 3.95. The second-order valence-electron chi connectivity index (χ2n) is 8.34. The van der Waals surface area contributed by atoms with Crippen molar-refractivity contribution in [1.29, 1.82) is 0 Å². The van der Waals surface area contributed by atoms with Gasteiger partial charge in [-0.05, 0) is 34.0 Å². The van der Waals surface area contributed by atoms with Gasteiger partial charge in [-0.15, -0.1) is 0 Å². The summed E-state index contributed by atoms with van der Waals surface area (Å²) in [6.07, 6.45) is 1.82. The molecule has 2 aromatic rings. The molecule has 0 spiro atoms. The Morgan fingerprint density at radius 2 is 1.50 bits per heavy atom. The van der Waals surface area contributed by atoms with Crippen LogP contribution in [0, 0.1) is 0 Å². The molecule has 1 aromatic carbocycles. The Kier molecular flexibility index (Phi) is 5.49. The van der Waals surface area contributed by atoms with E-state index >= 15 is 0 Å². The summed E-state index contributed by atoms with van der Waals surface area (Å²) in [7, 11) is -3.43. The molecule has 0 radical (unpaired) electrons. The summed E-state index contributed by atoms with van der Waals surface area (Å²) >= 11 is 0. The number of aromatic nitrogens is 1. The number of hydrogen-bond donors (Lipinski definition) is 2. The fraction of sp³-hybridized carbons (Fsp3) is 0.421. The van der Waals surface area contributed by atoms with Crippen molar-refractivity contribution in [2.24, 2.45) is 0 Å². The fourth-order valence-corrected chi connectivity index (χ4v) is 7.24. The predicted octanol–water partition coefficient (Wildman–Crippen LogP) is 2.82. The Bertz CT molecular complexity index is 717. The molecule has 0 aliphatic rings. The van der Waals surface area contributed by atoms with Crippen LogP contribution in [0.2, 0.25) is 39.3 Å². The van der Waals surface area contributed by atoms with Crippen molar-refractivity contribution in [2.75, 3.05) is 0 Å². The number of benzene rings is 1. The van der Waals surface area contributed by atoms with E-state index in [4.69, 9.17) is 0 Å². The van der Waals surface area contributed by atoms with Crippen LogP contribution in [-0.2, 0) is 13.2 Å². The minimum Gasteiger partial charge on any atom is -0.392 e. The van der Waals surface area contributed by atoms with Crippen LogP contribution in [0.25, 0.3) is 11.3 Å². The highest BCUT2D eigenvalue weighted by Crippen LogP contribution is 2.24. The first-order chi connectivity index (χ1) is 11.1. The van der Waals surface area contributed by atoms with Crippen molar-refractivity contribution in [3.05, 3.63) is 41.6 Å². The molecule has 1 aromatic heterocycles. The van der Waals surface area contributed by atoms with Gasteiger partial charge in [-0.25, -0.2) is 0 Å². The lowest BCUT2D eigenvalue weighted by Gasteiger charge is -2.31. The second kappa shape index (κ2) is 6.92. The van der Waals surface area contributed by atoms with Gasteiger partial charge in [0.15, 0.2) is 0 Å². The third kappa shape index (κ3) is 3.69. The van der Waals surface area contributed by atoms with Crippen molar-refractivity contribution in [3.8, 4) is 11.3 Å². The standard InChI is InChI=1S/C19H29NO2Si2/c1-23(2,3)18-11-14(17-9-7-8-10-20-17)19(24(4,5)6)16(13-22)15(18)12-21/h7-11,21-22H,12-13H2,1-6H3. The molecule has 2 N–H and O–H groups in total. The number of aliphatic hydroxyl groups excluding tert-OH is 2. The molecular weight excluding hydrogens is 330 g/mol. The van der Waals surface area contributed by atoms with E-state index in [1.807, 2.05) is 24.4 Å². The smallest absolute Gasteiger partial charge is 0.0789 e. The second-order valence-corrected chi connectivity index (χ2v) is 18.4. The van der Waals surface area contributed by atoms with E-state index in [9.17, 15) is 10.2 Å². The van der Waals surface area contributed by atoms with E-state index in [1.165, 1.54) is 10.4 Å².